The van der Waals surface area contributed by atoms with Crippen molar-refractivity contribution >= 4 is 23.9 Å². The Hall–Kier alpha value is -2.24. The van der Waals surface area contributed by atoms with Crippen LogP contribution in [0.3, 0.4) is 0 Å². The molecular weight excluding hydrogens is 1110 g/mol. The summed E-state index contributed by atoms with van der Waals surface area (Å²) < 4.78 is 0. The molecule has 536 valence electrons. The molecule has 89 heavy (non-hydrogen) atoms. The summed E-state index contributed by atoms with van der Waals surface area (Å²) in [4.78, 5) is 41.3. The second-order valence-electron chi connectivity index (χ2n) is 26.7. The minimum atomic E-state index is -0.667. The normalized spacial score (nSPS) is 11.0. The van der Waals surface area contributed by atoms with E-state index in [1.807, 2.05) is 6.92 Å². The van der Waals surface area contributed by atoms with Gasteiger partial charge in [0.15, 0.2) is 0 Å². The maximum Gasteiger partial charge on any atom is 0.303 e. The van der Waals surface area contributed by atoms with E-state index in [0.29, 0.717) is 32.1 Å². The molecule has 0 heterocycles. The molecule has 0 aliphatic rings. The Morgan fingerprint density at radius 3 is 0.360 bits per heavy atom. The van der Waals surface area contributed by atoms with E-state index in [0.717, 1.165) is 51.4 Å². The smallest absolute Gasteiger partial charge is 0.303 e. The van der Waals surface area contributed by atoms with Gasteiger partial charge in [0.05, 0.1) is 19.8 Å². The zero-order valence-electron chi connectivity index (χ0n) is 60.3. The summed E-state index contributed by atoms with van der Waals surface area (Å²) in [6.07, 6.45) is 81.4. The lowest BCUT2D eigenvalue weighted by molar-refractivity contribution is -0.138. The molecule has 0 aliphatic heterocycles. The number of rotatable bonds is 68. The second kappa shape index (κ2) is 87.8. The first-order valence-corrected chi connectivity index (χ1v) is 39.0. The van der Waals surface area contributed by atoms with Gasteiger partial charge >= 0.3 is 23.9 Å². The Balaban J connectivity index is -0.000000336. The Morgan fingerprint density at radius 1 is 0.191 bits per heavy atom. The van der Waals surface area contributed by atoms with E-state index >= 15 is 0 Å². The SMILES string of the molecule is CCC(CO)(CO)CO.CCCCCCCCCCCCCCCCCC(=O)O.CCCCCCCCCCCCCCCCCC(=O)O.CCCCCCCCCCCCCCCCCC(=O)O.CCCCCCCCCCCCCCCCCC(=O)O. The Labute approximate surface area is 553 Å². The molecule has 0 saturated carbocycles. The summed E-state index contributed by atoms with van der Waals surface area (Å²) in [5.41, 5.74) is -0.667. The molecule has 7 N–H and O–H groups in total. The van der Waals surface area contributed by atoms with Crippen LogP contribution in [0.2, 0.25) is 0 Å². The van der Waals surface area contributed by atoms with Gasteiger partial charge in [0.2, 0.25) is 0 Å². The number of hydrogen-bond donors (Lipinski definition) is 7. The van der Waals surface area contributed by atoms with Crippen LogP contribution in [0.4, 0.5) is 0 Å². The molecule has 11 heteroatoms. The van der Waals surface area contributed by atoms with Crippen molar-refractivity contribution in [2.75, 3.05) is 19.8 Å². The number of hydrogen-bond acceptors (Lipinski definition) is 7. The van der Waals surface area contributed by atoms with Crippen LogP contribution in [0.15, 0.2) is 0 Å². The molecule has 0 atom stereocenters. The summed E-state index contributed by atoms with van der Waals surface area (Å²) >= 11 is 0. The first-order valence-electron chi connectivity index (χ1n) is 39.0. The fourth-order valence-corrected chi connectivity index (χ4v) is 11.1. The molecule has 0 aliphatic carbocycles. The third-order valence-corrected chi connectivity index (χ3v) is 17.7. The predicted octanol–water partition coefficient (Wildman–Crippen LogP) is 24.7. The standard InChI is InChI=1S/4C18H36O2.C6H14O3/c4*1-2-3-4-5-6-7-8-9-10-11-12-13-14-15-16-17-18(19)20;1-2-6(3-7,4-8)5-9/h4*2-17H2,1H3,(H,19,20);7-9H,2-5H2,1H3. The van der Waals surface area contributed by atoms with Crippen molar-refractivity contribution in [3.8, 4) is 0 Å². The van der Waals surface area contributed by atoms with Gasteiger partial charge in [0.1, 0.15) is 0 Å². The van der Waals surface area contributed by atoms with E-state index in [2.05, 4.69) is 27.7 Å². The van der Waals surface area contributed by atoms with Crippen LogP contribution in [0, 0.1) is 5.41 Å². The van der Waals surface area contributed by atoms with Gasteiger partial charge in [0, 0.05) is 31.1 Å². The molecule has 0 radical (unpaired) electrons. The molecule has 0 fully saturated rings. The van der Waals surface area contributed by atoms with Crippen molar-refractivity contribution in [1.82, 2.24) is 0 Å². The van der Waals surface area contributed by atoms with Gasteiger partial charge in [-0.05, 0) is 32.1 Å². The number of carbonyl (C=O) groups is 4. The topological polar surface area (TPSA) is 210 Å². The Morgan fingerprint density at radius 2 is 0.292 bits per heavy atom. The monoisotopic (exact) mass is 1270 g/mol. The maximum absolute atomic E-state index is 10.3. The molecular formula is C78H158O11. The van der Waals surface area contributed by atoms with Gasteiger partial charge in [-0.1, -0.05) is 394 Å². The fourth-order valence-electron chi connectivity index (χ4n) is 11.1. The maximum atomic E-state index is 10.3. The number of aliphatic carboxylic acids is 4. The number of unbranched alkanes of at least 4 members (excludes halogenated alkanes) is 56. The lowest BCUT2D eigenvalue weighted by Crippen LogP contribution is -2.32. The fraction of sp³-hybridized carbons (Fsp3) is 0.949. The van der Waals surface area contributed by atoms with E-state index in [1.165, 1.54) is 334 Å². The Kier molecular flexibility index (Phi) is 94.2. The summed E-state index contributed by atoms with van der Waals surface area (Å²) in [5, 5.41) is 60.0. The highest BCUT2D eigenvalue weighted by Crippen LogP contribution is 2.20. The molecule has 0 spiro atoms. The molecule has 0 aromatic rings. The third kappa shape index (κ3) is 99.5. The van der Waals surface area contributed by atoms with Crippen LogP contribution >= 0.6 is 0 Å². The third-order valence-electron chi connectivity index (χ3n) is 17.7. The predicted molar refractivity (Wildman–Crippen MR) is 383 cm³/mol. The van der Waals surface area contributed by atoms with Gasteiger partial charge in [-0.3, -0.25) is 19.2 Å². The second-order valence-corrected chi connectivity index (χ2v) is 26.7. The van der Waals surface area contributed by atoms with Crippen LogP contribution in [-0.4, -0.2) is 79.4 Å². The molecule has 0 rings (SSSR count). The highest BCUT2D eigenvalue weighted by atomic mass is 16.4. The summed E-state index contributed by atoms with van der Waals surface area (Å²) in [6, 6.07) is 0. The van der Waals surface area contributed by atoms with Gasteiger partial charge in [-0.2, -0.15) is 0 Å². The minimum Gasteiger partial charge on any atom is -0.481 e. The number of carboxylic acid groups (broad SMARTS) is 4. The number of aliphatic hydroxyl groups is 3. The lowest BCUT2D eigenvalue weighted by atomic mass is 9.88. The highest BCUT2D eigenvalue weighted by Gasteiger charge is 2.25. The Bertz CT molecular complexity index is 1130. The lowest BCUT2D eigenvalue weighted by Gasteiger charge is -2.24. The van der Waals surface area contributed by atoms with E-state index in [-0.39, 0.29) is 19.8 Å². The number of carboxylic acids is 4. The van der Waals surface area contributed by atoms with Crippen LogP contribution in [-0.2, 0) is 19.2 Å². The highest BCUT2D eigenvalue weighted by molar-refractivity contribution is 5.67. The molecule has 0 unspecified atom stereocenters. The van der Waals surface area contributed by atoms with Crippen LogP contribution < -0.4 is 0 Å². The van der Waals surface area contributed by atoms with Crippen molar-refractivity contribution in [3.05, 3.63) is 0 Å². The minimum absolute atomic E-state index is 0.156. The van der Waals surface area contributed by atoms with Gasteiger partial charge < -0.3 is 35.7 Å². The largest absolute Gasteiger partial charge is 0.481 e. The molecule has 11 nitrogen and oxygen atoms in total. The van der Waals surface area contributed by atoms with Crippen LogP contribution in [0.1, 0.15) is 452 Å². The molecule has 0 aromatic heterocycles. The van der Waals surface area contributed by atoms with Crippen molar-refractivity contribution < 1.29 is 54.9 Å². The van der Waals surface area contributed by atoms with Crippen molar-refractivity contribution in [1.29, 1.82) is 0 Å². The summed E-state index contributed by atoms with van der Waals surface area (Å²) in [5.74, 6) is -2.61. The quantitative estimate of drug-likeness (QED) is 0.0285. The van der Waals surface area contributed by atoms with E-state index in [9.17, 15) is 19.2 Å². The van der Waals surface area contributed by atoms with Crippen molar-refractivity contribution in [2.24, 2.45) is 5.41 Å². The van der Waals surface area contributed by atoms with Gasteiger partial charge in [-0.25, -0.2) is 0 Å². The first kappa shape index (κ1) is 95.5. The zero-order chi connectivity index (χ0) is 66.9. The molecule has 0 amide bonds. The van der Waals surface area contributed by atoms with E-state index in [4.69, 9.17) is 35.7 Å². The van der Waals surface area contributed by atoms with E-state index < -0.39 is 29.3 Å². The van der Waals surface area contributed by atoms with Gasteiger partial charge in [0.25, 0.3) is 0 Å². The summed E-state index contributed by atoms with van der Waals surface area (Å²) in [6.45, 7) is 10.4. The molecule has 0 bridgehead atoms. The van der Waals surface area contributed by atoms with E-state index in [1.54, 1.807) is 0 Å². The molecule has 0 saturated heterocycles. The number of aliphatic hydroxyl groups excluding tert-OH is 3. The average molecular weight is 1270 g/mol. The van der Waals surface area contributed by atoms with Gasteiger partial charge in [-0.15, -0.1) is 0 Å². The van der Waals surface area contributed by atoms with Crippen molar-refractivity contribution in [2.45, 2.75) is 452 Å². The summed E-state index contributed by atoms with van der Waals surface area (Å²) in [7, 11) is 0. The first-order chi connectivity index (χ1) is 43.3. The average Bonchev–Trinajstić information content (AvgIpc) is 3.56. The van der Waals surface area contributed by atoms with Crippen LogP contribution in [0.25, 0.3) is 0 Å². The van der Waals surface area contributed by atoms with Crippen LogP contribution in [0.5, 0.6) is 0 Å². The zero-order valence-corrected chi connectivity index (χ0v) is 60.3. The molecule has 0 aromatic carbocycles. The van der Waals surface area contributed by atoms with Crippen molar-refractivity contribution in [3.63, 3.8) is 0 Å².